The molecule has 0 saturated heterocycles. The van der Waals surface area contributed by atoms with Crippen LogP contribution in [0.1, 0.15) is 28.1 Å². The molecular formula is C15H22N4. The molecule has 0 radical (unpaired) electrons. The number of hydrogen-bond acceptors (Lipinski definition) is 3. The van der Waals surface area contributed by atoms with E-state index in [1.54, 1.807) is 11.0 Å². The van der Waals surface area contributed by atoms with Gasteiger partial charge in [0.2, 0.25) is 0 Å². The lowest BCUT2D eigenvalue weighted by atomic mass is 10.0. The highest BCUT2D eigenvalue weighted by atomic mass is 15.3. The van der Waals surface area contributed by atoms with E-state index >= 15 is 0 Å². The summed E-state index contributed by atoms with van der Waals surface area (Å²) in [6, 6.07) is 4.53. The second-order valence-corrected chi connectivity index (χ2v) is 5.12. The molecule has 0 aliphatic rings. The van der Waals surface area contributed by atoms with E-state index in [1.165, 1.54) is 22.3 Å². The van der Waals surface area contributed by atoms with Crippen LogP contribution < -0.4 is 5.32 Å². The molecule has 1 N–H and O–H groups in total. The zero-order valence-electron chi connectivity index (χ0n) is 12.2. The number of rotatable bonds is 5. The van der Waals surface area contributed by atoms with Crippen molar-refractivity contribution in [3.63, 3.8) is 0 Å². The molecule has 102 valence electrons. The van der Waals surface area contributed by atoms with Crippen LogP contribution in [-0.2, 0) is 20.0 Å². The van der Waals surface area contributed by atoms with E-state index in [2.05, 4.69) is 48.3 Å². The molecule has 0 unspecified atom stereocenters. The number of nitrogens with zero attached hydrogens (tertiary/aromatic N) is 3. The molecule has 0 fully saturated rings. The molecule has 0 spiro atoms. The minimum atomic E-state index is 0.866. The molecule has 0 aliphatic carbocycles. The van der Waals surface area contributed by atoms with Gasteiger partial charge in [0, 0.05) is 26.6 Å². The monoisotopic (exact) mass is 258 g/mol. The molecule has 1 heterocycles. The van der Waals surface area contributed by atoms with Crippen LogP contribution in [0.2, 0.25) is 0 Å². The molecule has 4 nitrogen and oxygen atoms in total. The predicted molar refractivity (Wildman–Crippen MR) is 77.1 cm³/mol. The average molecular weight is 258 g/mol. The zero-order chi connectivity index (χ0) is 13.8. The molecule has 1 aromatic carbocycles. The van der Waals surface area contributed by atoms with Crippen LogP contribution in [0.3, 0.4) is 0 Å². The first kappa shape index (κ1) is 13.7. The van der Waals surface area contributed by atoms with Gasteiger partial charge in [-0.05, 0) is 43.0 Å². The molecule has 0 atom stereocenters. The first-order valence-electron chi connectivity index (χ1n) is 6.68. The summed E-state index contributed by atoms with van der Waals surface area (Å²) in [7, 11) is 1.89. The molecule has 1 aromatic heterocycles. The fraction of sp³-hybridized carbons (Fsp3) is 0.467. The SMILES string of the molecule is Cc1cc(C)c(CNCCc2ncn(C)n2)cc1C. The Labute approximate surface area is 114 Å². The van der Waals surface area contributed by atoms with Crippen LogP contribution in [0.25, 0.3) is 0 Å². The van der Waals surface area contributed by atoms with Crippen molar-refractivity contribution in [2.45, 2.75) is 33.7 Å². The summed E-state index contributed by atoms with van der Waals surface area (Å²) in [5.41, 5.74) is 5.44. The Balaban J connectivity index is 1.84. The van der Waals surface area contributed by atoms with E-state index in [0.717, 1.165) is 25.3 Å². The molecule has 0 amide bonds. The number of benzene rings is 1. The molecule has 19 heavy (non-hydrogen) atoms. The third-order valence-electron chi connectivity index (χ3n) is 3.44. The molecule has 0 bridgehead atoms. The summed E-state index contributed by atoms with van der Waals surface area (Å²) in [5, 5.41) is 7.72. The van der Waals surface area contributed by atoms with Crippen LogP contribution in [-0.4, -0.2) is 21.3 Å². The Kier molecular flexibility index (Phi) is 4.32. The fourth-order valence-corrected chi connectivity index (χ4v) is 2.13. The minimum absolute atomic E-state index is 0.866. The van der Waals surface area contributed by atoms with Crippen LogP contribution in [0, 0.1) is 20.8 Å². The van der Waals surface area contributed by atoms with Crippen molar-refractivity contribution in [2.24, 2.45) is 7.05 Å². The van der Waals surface area contributed by atoms with Crippen molar-refractivity contribution in [3.8, 4) is 0 Å². The van der Waals surface area contributed by atoms with Gasteiger partial charge in [0.05, 0.1) is 0 Å². The van der Waals surface area contributed by atoms with Gasteiger partial charge in [0.1, 0.15) is 6.33 Å². The second-order valence-electron chi connectivity index (χ2n) is 5.12. The lowest BCUT2D eigenvalue weighted by Gasteiger charge is -2.10. The largest absolute Gasteiger partial charge is 0.312 e. The summed E-state index contributed by atoms with van der Waals surface area (Å²) < 4.78 is 1.74. The Morgan fingerprint density at radius 2 is 1.84 bits per heavy atom. The Morgan fingerprint density at radius 3 is 2.53 bits per heavy atom. The predicted octanol–water partition coefficient (Wildman–Crippen LogP) is 2.07. The molecule has 0 aliphatic heterocycles. The van der Waals surface area contributed by atoms with Gasteiger partial charge in [-0.2, -0.15) is 5.10 Å². The van der Waals surface area contributed by atoms with Crippen molar-refractivity contribution in [3.05, 3.63) is 46.5 Å². The zero-order valence-corrected chi connectivity index (χ0v) is 12.2. The third kappa shape index (κ3) is 3.64. The maximum absolute atomic E-state index is 4.26. The third-order valence-corrected chi connectivity index (χ3v) is 3.44. The van der Waals surface area contributed by atoms with E-state index in [0.29, 0.717) is 0 Å². The lowest BCUT2D eigenvalue weighted by molar-refractivity contribution is 0.659. The molecular weight excluding hydrogens is 236 g/mol. The van der Waals surface area contributed by atoms with E-state index in [-0.39, 0.29) is 0 Å². The maximum atomic E-state index is 4.26. The highest BCUT2D eigenvalue weighted by molar-refractivity contribution is 5.36. The van der Waals surface area contributed by atoms with Crippen LogP contribution in [0.5, 0.6) is 0 Å². The van der Waals surface area contributed by atoms with Gasteiger partial charge in [0.25, 0.3) is 0 Å². The van der Waals surface area contributed by atoms with Gasteiger partial charge < -0.3 is 5.32 Å². The van der Waals surface area contributed by atoms with Gasteiger partial charge in [-0.25, -0.2) is 4.98 Å². The topological polar surface area (TPSA) is 42.7 Å². The van der Waals surface area contributed by atoms with Gasteiger partial charge in [-0.3, -0.25) is 4.68 Å². The van der Waals surface area contributed by atoms with Crippen molar-refractivity contribution >= 4 is 0 Å². The van der Waals surface area contributed by atoms with Crippen molar-refractivity contribution in [1.29, 1.82) is 0 Å². The van der Waals surface area contributed by atoms with Gasteiger partial charge in [-0.1, -0.05) is 12.1 Å². The molecule has 0 saturated carbocycles. The smallest absolute Gasteiger partial charge is 0.151 e. The Morgan fingerprint density at radius 1 is 1.11 bits per heavy atom. The minimum Gasteiger partial charge on any atom is -0.312 e. The second kappa shape index (κ2) is 5.97. The van der Waals surface area contributed by atoms with E-state index in [4.69, 9.17) is 0 Å². The Hall–Kier alpha value is -1.68. The quantitative estimate of drug-likeness (QED) is 0.835. The highest BCUT2D eigenvalue weighted by Gasteiger charge is 2.02. The number of aromatic nitrogens is 3. The lowest BCUT2D eigenvalue weighted by Crippen LogP contribution is -2.18. The van der Waals surface area contributed by atoms with Gasteiger partial charge >= 0.3 is 0 Å². The summed E-state index contributed by atoms with van der Waals surface area (Å²) in [5.74, 6) is 0.895. The maximum Gasteiger partial charge on any atom is 0.151 e. The normalized spacial score (nSPS) is 10.9. The molecule has 2 aromatic rings. The first-order chi connectivity index (χ1) is 9.06. The van der Waals surface area contributed by atoms with E-state index in [9.17, 15) is 0 Å². The van der Waals surface area contributed by atoms with Crippen LogP contribution >= 0.6 is 0 Å². The Bertz CT molecular complexity index is 557. The number of nitrogens with one attached hydrogen (secondary N) is 1. The van der Waals surface area contributed by atoms with Crippen molar-refractivity contribution < 1.29 is 0 Å². The number of aryl methyl sites for hydroxylation is 4. The average Bonchev–Trinajstić information content (AvgIpc) is 2.77. The van der Waals surface area contributed by atoms with E-state index < -0.39 is 0 Å². The molecule has 4 heteroatoms. The van der Waals surface area contributed by atoms with Gasteiger partial charge in [-0.15, -0.1) is 0 Å². The van der Waals surface area contributed by atoms with Gasteiger partial charge in [0.15, 0.2) is 5.82 Å². The molecule has 2 rings (SSSR count). The summed E-state index contributed by atoms with van der Waals surface area (Å²) in [6.07, 6.45) is 2.60. The van der Waals surface area contributed by atoms with E-state index in [1.807, 2.05) is 7.05 Å². The van der Waals surface area contributed by atoms with Crippen molar-refractivity contribution in [1.82, 2.24) is 20.1 Å². The standard InChI is InChI=1S/C15H22N4/c1-11-7-13(3)14(8-12(11)2)9-16-6-5-15-17-10-19(4)18-15/h7-8,10,16H,5-6,9H2,1-4H3. The summed E-state index contributed by atoms with van der Waals surface area (Å²) in [6.45, 7) is 8.29. The van der Waals surface area contributed by atoms with Crippen LogP contribution in [0.15, 0.2) is 18.5 Å². The highest BCUT2D eigenvalue weighted by Crippen LogP contribution is 2.14. The van der Waals surface area contributed by atoms with Crippen molar-refractivity contribution in [2.75, 3.05) is 6.54 Å². The fourth-order valence-electron chi connectivity index (χ4n) is 2.13. The van der Waals surface area contributed by atoms with Crippen LogP contribution in [0.4, 0.5) is 0 Å². The number of hydrogen-bond donors (Lipinski definition) is 1. The summed E-state index contributed by atoms with van der Waals surface area (Å²) in [4.78, 5) is 4.22. The first-order valence-corrected chi connectivity index (χ1v) is 6.68. The summed E-state index contributed by atoms with van der Waals surface area (Å²) >= 11 is 0.